The Labute approximate surface area is 83.9 Å². The molecule has 0 aromatic rings. The van der Waals surface area contributed by atoms with Crippen LogP contribution in [-0.4, -0.2) is 25.0 Å². The Kier molecular flexibility index (Phi) is 5.60. The number of Topliss-reactive ketones (excluding diaryl/α,β-unsaturated/α-hetero) is 1. The van der Waals surface area contributed by atoms with Gasteiger partial charge in [0.25, 0.3) is 0 Å². The van der Waals surface area contributed by atoms with Gasteiger partial charge in [0.15, 0.2) is 5.78 Å². The topological polar surface area (TPSA) is 52.6 Å². The van der Waals surface area contributed by atoms with Crippen molar-refractivity contribution in [2.75, 3.05) is 13.2 Å². The molecular weight excluding hydrogens is 184 g/mol. The van der Waals surface area contributed by atoms with Crippen molar-refractivity contribution in [3.05, 3.63) is 11.3 Å². The Morgan fingerprint density at radius 3 is 1.86 bits per heavy atom. The molecule has 0 unspecified atom stereocenters. The molecule has 0 fully saturated rings. The van der Waals surface area contributed by atoms with E-state index < -0.39 is 5.97 Å². The van der Waals surface area contributed by atoms with Crippen LogP contribution in [0, 0.1) is 0 Å². The van der Waals surface area contributed by atoms with Crippen molar-refractivity contribution < 1.29 is 19.1 Å². The van der Waals surface area contributed by atoms with Gasteiger partial charge in [0.05, 0.1) is 13.2 Å². The van der Waals surface area contributed by atoms with E-state index in [9.17, 15) is 9.59 Å². The van der Waals surface area contributed by atoms with E-state index in [1.807, 2.05) is 0 Å². The lowest BCUT2D eigenvalue weighted by atomic mass is 10.1. The Morgan fingerprint density at radius 1 is 1.00 bits per heavy atom. The van der Waals surface area contributed by atoms with Crippen LogP contribution >= 0.6 is 0 Å². The first-order valence-corrected chi connectivity index (χ1v) is 4.56. The van der Waals surface area contributed by atoms with Crippen molar-refractivity contribution in [2.45, 2.75) is 27.7 Å². The largest absolute Gasteiger partial charge is 0.497 e. The first kappa shape index (κ1) is 12.7. The van der Waals surface area contributed by atoms with Crippen molar-refractivity contribution in [2.24, 2.45) is 0 Å². The lowest BCUT2D eigenvalue weighted by Crippen LogP contribution is -2.16. The minimum Gasteiger partial charge on any atom is -0.497 e. The molecule has 14 heavy (non-hydrogen) atoms. The predicted molar refractivity (Wildman–Crippen MR) is 51.6 cm³/mol. The Balaban J connectivity index is 4.83. The molecule has 0 heterocycles. The standard InChI is InChI=1S/C10H16O4/c1-5-13-8(4)9(7(3)11)10(12)14-6-2/h5-6H2,1-4H3/b9-8-. The van der Waals surface area contributed by atoms with Gasteiger partial charge in [-0.15, -0.1) is 0 Å². The number of ether oxygens (including phenoxy) is 2. The lowest BCUT2D eigenvalue weighted by molar-refractivity contribution is -0.140. The van der Waals surface area contributed by atoms with E-state index in [0.29, 0.717) is 12.4 Å². The molecule has 0 saturated heterocycles. The molecule has 0 saturated carbocycles. The van der Waals surface area contributed by atoms with Gasteiger partial charge in [0, 0.05) is 0 Å². The maximum absolute atomic E-state index is 11.3. The molecule has 0 N–H and O–H groups in total. The summed E-state index contributed by atoms with van der Waals surface area (Å²) in [7, 11) is 0. The second-order valence-electron chi connectivity index (χ2n) is 2.64. The highest BCUT2D eigenvalue weighted by molar-refractivity contribution is 6.16. The van der Waals surface area contributed by atoms with Gasteiger partial charge in [0.2, 0.25) is 0 Å². The Bertz CT molecular complexity index is 253. The smallest absolute Gasteiger partial charge is 0.345 e. The van der Waals surface area contributed by atoms with Crippen LogP contribution in [0.2, 0.25) is 0 Å². The molecule has 0 aromatic carbocycles. The van der Waals surface area contributed by atoms with Gasteiger partial charge in [-0.3, -0.25) is 4.79 Å². The van der Waals surface area contributed by atoms with E-state index in [1.54, 1.807) is 20.8 Å². The number of ketones is 1. The van der Waals surface area contributed by atoms with Crippen LogP contribution in [0.5, 0.6) is 0 Å². The average Bonchev–Trinajstić information content (AvgIpc) is 2.04. The summed E-state index contributed by atoms with van der Waals surface area (Å²) in [6, 6.07) is 0. The van der Waals surface area contributed by atoms with Crippen molar-refractivity contribution in [1.29, 1.82) is 0 Å². The zero-order valence-corrected chi connectivity index (χ0v) is 9.05. The van der Waals surface area contributed by atoms with Crippen LogP contribution < -0.4 is 0 Å². The lowest BCUT2D eigenvalue weighted by Gasteiger charge is -2.08. The number of hydrogen-bond donors (Lipinski definition) is 0. The Hall–Kier alpha value is -1.32. The maximum atomic E-state index is 11.3. The molecule has 0 amide bonds. The molecule has 0 radical (unpaired) electrons. The highest BCUT2D eigenvalue weighted by Gasteiger charge is 2.19. The summed E-state index contributed by atoms with van der Waals surface area (Å²) in [4.78, 5) is 22.5. The molecule has 0 aliphatic carbocycles. The van der Waals surface area contributed by atoms with Gasteiger partial charge in [-0.25, -0.2) is 4.79 Å². The van der Waals surface area contributed by atoms with Crippen molar-refractivity contribution in [3.63, 3.8) is 0 Å². The molecule has 4 nitrogen and oxygen atoms in total. The molecule has 0 rings (SSSR count). The van der Waals surface area contributed by atoms with Crippen LogP contribution in [0.3, 0.4) is 0 Å². The number of esters is 1. The predicted octanol–water partition coefficient (Wildman–Crippen LogP) is 1.45. The zero-order valence-electron chi connectivity index (χ0n) is 9.05. The normalized spacial score (nSPS) is 11.7. The van der Waals surface area contributed by atoms with Gasteiger partial charge in [-0.2, -0.15) is 0 Å². The summed E-state index contributed by atoms with van der Waals surface area (Å²) in [5, 5.41) is 0. The first-order valence-electron chi connectivity index (χ1n) is 4.56. The minimum atomic E-state index is -0.619. The fourth-order valence-corrected chi connectivity index (χ4v) is 1.03. The van der Waals surface area contributed by atoms with Crippen LogP contribution in [0.25, 0.3) is 0 Å². The van der Waals surface area contributed by atoms with Crippen LogP contribution in [0.15, 0.2) is 11.3 Å². The summed E-state index contributed by atoms with van der Waals surface area (Å²) >= 11 is 0. The van der Waals surface area contributed by atoms with Crippen molar-refractivity contribution >= 4 is 11.8 Å². The minimum absolute atomic E-state index is 0.00583. The van der Waals surface area contributed by atoms with E-state index in [1.165, 1.54) is 6.92 Å². The Morgan fingerprint density at radius 2 is 1.50 bits per heavy atom. The summed E-state index contributed by atoms with van der Waals surface area (Å²) in [5.74, 6) is -0.640. The SMILES string of the molecule is CCOC(=O)/C(C(C)=O)=C(/C)OCC. The first-order chi connectivity index (χ1) is 6.54. The number of carbonyl (C=O) groups is 2. The molecule has 0 aliphatic heterocycles. The number of allylic oxidation sites excluding steroid dienone is 1. The fourth-order valence-electron chi connectivity index (χ4n) is 1.03. The second-order valence-corrected chi connectivity index (χ2v) is 2.64. The second kappa shape index (κ2) is 6.18. The van der Waals surface area contributed by atoms with Gasteiger partial charge in [0.1, 0.15) is 11.3 Å². The summed E-state index contributed by atoms with van der Waals surface area (Å²) in [5.41, 5.74) is -0.00583. The summed E-state index contributed by atoms with van der Waals surface area (Å²) in [6.07, 6.45) is 0. The van der Waals surface area contributed by atoms with Gasteiger partial charge in [-0.05, 0) is 27.7 Å². The highest BCUT2D eigenvalue weighted by atomic mass is 16.5. The zero-order chi connectivity index (χ0) is 11.1. The van der Waals surface area contributed by atoms with E-state index >= 15 is 0 Å². The fraction of sp³-hybridized carbons (Fsp3) is 0.600. The third kappa shape index (κ3) is 3.60. The van der Waals surface area contributed by atoms with Gasteiger partial charge in [-0.1, -0.05) is 0 Å². The molecule has 0 spiro atoms. The van der Waals surface area contributed by atoms with Crippen molar-refractivity contribution in [3.8, 4) is 0 Å². The number of rotatable bonds is 5. The molecular formula is C10H16O4. The number of carbonyl (C=O) groups excluding carboxylic acids is 2. The van der Waals surface area contributed by atoms with Gasteiger partial charge < -0.3 is 9.47 Å². The molecule has 4 heteroatoms. The van der Waals surface area contributed by atoms with Crippen LogP contribution in [0.4, 0.5) is 0 Å². The third-order valence-corrected chi connectivity index (χ3v) is 1.54. The van der Waals surface area contributed by atoms with E-state index in [2.05, 4.69) is 0 Å². The molecule has 0 aliphatic rings. The van der Waals surface area contributed by atoms with E-state index in [0.717, 1.165) is 0 Å². The van der Waals surface area contributed by atoms with Crippen LogP contribution in [-0.2, 0) is 19.1 Å². The van der Waals surface area contributed by atoms with Gasteiger partial charge >= 0.3 is 5.97 Å². The average molecular weight is 200 g/mol. The molecule has 0 aromatic heterocycles. The van der Waals surface area contributed by atoms with E-state index in [4.69, 9.17) is 9.47 Å². The van der Waals surface area contributed by atoms with Crippen molar-refractivity contribution in [1.82, 2.24) is 0 Å². The maximum Gasteiger partial charge on any atom is 0.345 e. The summed E-state index contributed by atoms with van der Waals surface area (Å²) in [6.45, 7) is 7.03. The molecule has 0 atom stereocenters. The van der Waals surface area contributed by atoms with E-state index in [-0.39, 0.29) is 18.0 Å². The quantitative estimate of drug-likeness (QED) is 0.221. The van der Waals surface area contributed by atoms with Crippen LogP contribution in [0.1, 0.15) is 27.7 Å². The molecule has 80 valence electrons. The summed E-state index contributed by atoms with van der Waals surface area (Å²) < 4.78 is 9.83. The monoisotopic (exact) mass is 200 g/mol. The number of hydrogen-bond acceptors (Lipinski definition) is 4. The third-order valence-electron chi connectivity index (χ3n) is 1.54. The molecule has 0 bridgehead atoms. The highest BCUT2D eigenvalue weighted by Crippen LogP contribution is 2.09.